The fourth-order valence-corrected chi connectivity index (χ4v) is 2.66. The average molecular weight is 396 g/mol. The Morgan fingerprint density at radius 1 is 1.10 bits per heavy atom. The molecular formula is C20H16N2O7. The molecule has 148 valence electrons. The first-order valence-electron chi connectivity index (χ1n) is 8.40. The maximum Gasteiger partial charge on any atom is 0.341 e. The number of benzene rings is 2. The van der Waals surface area contributed by atoms with Crippen molar-refractivity contribution in [3.63, 3.8) is 0 Å². The van der Waals surface area contributed by atoms with Crippen LogP contribution >= 0.6 is 0 Å². The molecule has 4 amide bonds. The van der Waals surface area contributed by atoms with Crippen LogP contribution in [0, 0.1) is 0 Å². The molecule has 1 aliphatic rings. The Morgan fingerprint density at radius 3 is 2.45 bits per heavy atom. The molecule has 0 bridgehead atoms. The molecule has 0 spiro atoms. The van der Waals surface area contributed by atoms with E-state index >= 15 is 0 Å². The predicted octanol–water partition coefficient (Wildman–Crippen LogP) is 1.82. The van der Waals surface area contributed by atoms with Crippen LogP contribution in [0.1, 0.15) is 5.56 Å². The highest BCUT2D eigenvalue weighted by atomic mass is 16.5. The molecule has 9 nitrogen and oxygen atoms in total. The lowest BCUT2D eigenvalue weighted by molar-refractivity contribution is -0.139. The lowest BCUT2D eigenvalue weighted by Crippen LogP contribution is -2.54. The third-order valence-corrected chi connectivity index (χ3v) is 3.98. The van der Waals surface area contributed by atoms with Crippen LogP contribution in [0.25, 0.3) is 6.08 Å². The van der Waals surface area contributed by atoms with Crippen molar-refractivity contribution in [3.8, 4) is 11.5 Å². The minimum absolute atomic E-state index is 0.202. The van der Waals surface area contributed by atoms with Crippen molar-refractivity contribution in [1.29, 1.82) is 0 Å². The molecule has 0 unspecified atom stereocenters. The number of carboxylic acids is 1. The number of hydrogen-bond donors (Lipinski definition) is 2. The fraction of sp³-hybridized carbons (Fsp3) is 0.100. The molecule has 0 radical (unpaired) electrons. The molecule has 2 aromatic rings. The quantitative estimate of drug-likeness (QED) is 0.564. The number of carboxylic acid groups (broad SMARTS) is 1. The summed E-state index contributed by atoms with van der Waals surface area (Å²) in [6, 6.07) is 11.7. The molecule has 29 heavy (non-hydrogen) atoms. The number of hydrogen-bond acceptors (Lipinski definition) is 6. The van der Waals surface area contributed by atoms with Crippen LogP contribution < -0.4 is 19.7 Å². The number of nitrogens with zero attached hydrogens (tertiary/aromatic N) is 1. The fourth-order valence-electron chi connectivity index (χ4n) is 2.66. The Labute approximate surface area is 165 Å². The van der Waals surface area contributed by atoms with Gasteiger partial charge in [-0.2, -0.15) is 0 Å². The van der Waals surface area contributed by atoms with Crippen LogP contribution in [0.3, 0.4) is 0 Å². The lowest BCUT2D eigenvalue weighted by Gasteiger charge is -2.27. The molecule has 2 aromatic carbocycles. The lowest BCUT2D eigenvalue weighted by atomic mass is 10.1. The van der Waals surface area contributed by atoms with Gasteiger partial charge in [0.05, 0.1) is 12.8 Å². The van der Waals surface area contributed by atoms with Crippen LogP contribution in [-0.4, -0.2) is 42.6 Å². The van der Waals surface area contributed by atoms with Crippen molar-refractivity contribution in [2.75, 3.05) is 18.6 Å². The Morgan fingerprint density at radius 2 is 1.79 bits per heavy atom. The van der Waals surface area contributed by atoms with Gasteiger partial charge in [-0.1, -0.05) is 24.3 Å². The smallest absolute Gasteiger partial charge is 0.341 e. The minimum Gasteiger partial charge on any atom is -0.495 e. The molecule has 0 atom stereocenters. The first-order chi connectivity index (χ1) is 13.9. The summed E-state index contributed by atoms with van der Waals surface area (Å²) in [5.74, 6) is -2.11. The summed E-state index contributed by atoms with van der Waals surface area (Å²) in [4.78, 5) is 48.8. The summed E-state index contributed by atoms with van der Waals surface area (Å²) in [6.45, 7) is -0.489. The highest BCUT2D eigenvalue weighted by molar-refractivity contribution is 6.39. The van der Waals surface area contributed by atoms with E-state index in [0.29, 0.717) is 17.1 Å². The average Bonchev–Trinajstić information content (AvgIpc) is 2.70. The van der Waals surface area contributed by atoms with Crippen molar-refractivity contribution in [1.82, 2.24) is 5.32 Å². The number of carbonyl (C=O) groups is 4. The third kappa shape index (κ3) is 4.24. The maximum atomic E-state index is 12.9. The van der Waals surface area contributed by atoms with Crippen molar-refractivity contribution < 1.29 is 33.8 Å². The number of ether oxygens (including phenoxy) is 2. The van der Waals surface area contributed by atoms with Crippen molar-refractivity contribution in [3.05, 3.63) is 59.7 Å². The van der Waals surface area contributed by atoms with E-state index < -0.39 is 30.4 Å². The van der Waals surface area contributed by atoms with Crippen LogP contribution in [0.4, 0.5) is 10.5 Å². The molecule has 0 saturated carbocycles. The SMILES string of the molecule is COc1ccccc1N1C(=O)NC(=O)/C(=C\c2ccc(OCC(=O)O)cc2)C1=O. The van der Waals surface area contributed by atoms with Crippen molar-refractivity contribution >= 4 is 35.6 Å². The van der Waals surface area contributed by atoms with E-state index in [0.717, 1.165) is 4.90 Å². The van der Waals surface area contributed by atoms with Gasteiger partial charge in [0.1, 0.15) is 17.1 Å². The Hall–Kier alpha value is -4.14. The predicted molar refractivity (Wildman–Crippen MR) is 102 cm³/mol. The zero-order valence-electron chi connectivity index (χ0n) is 15.2. The number of aliphatic carboxylic acids is 1. The van der Waals surface area contributed by atoms with E-state index in [1.807, 2.05) is 0 Å². The van der Waals surface area contributed by atoms with Gasteiger partial charge in [-0.15, -0.1) is 0 Å². The third-order valence-electron chi connectivity index (χ3n) is 3.98. The molecule has 1 saturated heterocycles. The van der Waals surface area contributed by atoms with Crippen molar-refractivity contribution in [2.45, 2.75) is 0 Å². The van der Waals surface area contributed by atoms with Gasteiger partial charge in [0, 0.05) is 0 Å². The zero-order chi connectivity index (χ0) is 21.0. The van der Waals surface area contributed by atoms with Crippen molar-refractivity contribution in [2.24, 2.45) is 0 Å². The molecule has 0 aromatic heterocycles. The molecule has 1 aliphatic heterocycles. The van der Waals surface area contributed by atoms with E-state index in [1.165, 1.54) is 31.4 Å². The number of imide groups is 2. The number of carbonyl (C=O) groups excluding carboxylic acids is 3. The molecule has 2 N–H and O–H groups in total. The molecule has 1 fully saturated rings. The highest BCUT2D eigenvalue weighted by Crippen LogP contribution is 2.30. The zero-order valence-corrected chi connectivity index (χ0v) is 15.2. The maximum absolute atomic E-state index is 12.9. The van der Waals surface area contributed by atoms with Gasteiger partial charge in [0.15, 0.2) is 6.61 Å². The minimum atomic E-state index is -1.11. The van der Waals surface area contributed by atoms with Crippen LogP contribution in [0.15, 0.2) is 54.1 Å². The van der Waals surface area contributed by atoms with E-state index in [-0.39, 0.29) is 11.3 Å². The normalized spacial score (nSPS) is 15.3. The van der Waals surface area contributed by atoms with Gasteiger partial charge in [-0.05, 0) is 35.9 Å². The first-order valence-corrected chi connectivity index (χ1v) is 8.40. The van der Waals surface area contributed by atoms with Gasteiger partial charge >= 0.3 is 12.0 Å². The summed E-state index contributed by atoms with van der Waals surface area (Å²) in [6.07, 6.45) is 1.33. The summed E-state index contributed by atoms with van der Waals surface area (Å²) in [7, 11) is 1.40. The summed E-state index contributed by atoms with van der Waals surface area (Å²) >= 11 is 0. The van der Waals surface area contributed by atoms with Gasteiger partial charge in [-0.25, -0.2) is 14.5 Å². The number of methoxy groups -OCH3 is 1. The monoisotopic (exact) mass is 396 g/mol. The summed E-state index contributed by atoms with van der Waals surface area (Å²) < 4.78 is 10.2. The number of amides is 4. The van der Waals surface area contributed by atoms with E-state index in [1.54, 1.807) is 30.3 Å². The standard InChI is InChI=1S/C20H16N2O7/c1-28-16-5-3-2-4-15(16)22-19(26)14(18(25)21-20(22)27)10-12-6-8-13(9-7-12)29-11-17(23)24/h2-10H,11H2,1H3,(H,23,24)(H,21,25,27)/b14-10+. The van der Waals surface area contributed by atoms with E-state index in [4.69, 9.17) is 14.6 Å². The summed E-state index contributed by atoms with van der Waals surface area (Å²) in [5.41, 5.74) is 0.448. The van der Waals surface area contributed by atoms with Crippen LogP contribution in [0.2, 0.25) is 0 Å². The molecule has 0 aliphatic carbocycles. The Kier molecular flexibility index (Phi) is 5.59. The second-order valence-electron chi connectivity index (χ2n) is 5.88. The van der Waals surface area contributed by atoms with E-state index in [2.05, 4.69) is 5.32 Å². The van der Waals surface area contributed by atoms with Gasteiger partial charge < -0.3 is 14.6 Å². The molecule has 1 heterocycles. The molecule has 9 heteroatoms. The first kappa shape index (κ1) is 19.6. The highest BCUT2D eigenvalue weighted by Gasteiger charge is 2.38. The van der Waals surface area contributed by atoms with Gasteiger partial charge in [-0.3, -0.25) is 14.9 Å². The summed E-state index contributed by atoms with van der Waals surface area (Å²) in [5, 5.41) is 10.8. The van der Waals surface area contributed by atoms with Gasteiger partial charge in [0.25, 0.3) is 11.8 Å². The Balaban J connectivity index is 1.90. The van der Waals surface area contributed by atoms with Crippen LogP contribution in [-0.2, 0) is 14.4 Å². The number of rotatable bonds is 6. The second-order valence-corrected chi connectivity index (χ2v) is 5.88. The van der Waals surface area contributed by atoms with Crippen LogP contribution in [0.5, 0.6) is 11.5 Å². The molecule has 3 rings (SSSR count). The number of nitrogens with one attached hydrogen (secondary N) is 1. The van der Waals surface area contributed by atoms with E-state index in [9.17, 15) is 19.2 Å². The number of para-hydroxylation sites is 2. The number of anilines is 1. The largest absolute Gasteiger partial charge is 0.495 e. The number of barbiturate groups is 1. The molecular weight excluding hydrogens is 380 g/mol. The number of urea groups is 1. The topological polar surface area (TPSA) is 122 Å². The second kappa shape index (κ2) is 8.26. The Bertz CT molecular complexity index is 1010. The van der Waals surface area contributed by atoms with Gasteiger partial charge in [0.2, 0.25) is 0 Å².